The van der Waals surface area contributed by atoms with Crippen LogP contribution in [0.3, 0.4) is 0 Å². The molecule has 0 atom stereocenters. The highest BCUT2D eigenvalue weighted by Gasteiger charge is 2.21. The third kappa shape index (κ3) is 2.07. The van der Waals surface area contributed by atoms with E-state index in [-0.39, 0.29) is 11.3 Å². The van der Waals surface area contributed by atoms with E-state index in [1.54, 1.807) is 34.8 Å². The largest absolute Gasteiger partial charge is 0.508 e. The minimum atomic E-state index is -0.588. The van der Waals surface area contributed by atoms with E-state index >= 15 is 0 Å². The van der Waals surface area contributed by atoms with E-state index in [2.05, 4.69) is 15.1 Å². The highest BCUT2D eigenvalue weighted by Crippen LogP contribution is 2.31. The molecule has 0 saturated heterocycles. The number of rotatable bonds is 2. The number of carbonyl (C=O) groups excluding carboxylic acids is 1. The first-order chi connectivity index (χ1) is 11.9. The van der Waals surface area contributed by atoms with Crippen molar-refractivity contribution in [1.29, 1.82) is 0 Å². The maximum absolute atomic E-state index is 11.9. The number of primary amides is 1. The van der Waals surface area contributed by atoms with Gasteiger partial charge >= 0.3 is 0 Å². The fraction of sp³-hybridized carbons (Fsp3) is 0.176. The summed E-state index contributed by atoms with van der Waals surface area (Å²) in [5.74, 6) is -0.423. The van der Waals surface area contributed by atoms with Gasteiger partial charge in [-0.2, -0.15) is 5.10 Å². The van der Waals surface area contributed by atoms with Crippen LogP contribution in [0.4, 0.5) is 0 Å². The van der Waals surface area contributed by atoms with Gasteiger partial charge < -0.3 is 10.8 Å². The number of fused-ring (bicyclic) bond motifs is 2. The Morgan fingerprint density at radius 1 is 1.20 bits per heavy atom. The first-order valence-electron chi connectivity index (χ1n) is 7.68. The van der Waals surface area contributed by atoms with Crippen molar-refractivity contribution in [2.24, 2.45) is 12.8 Å². The Hall–Kier alpha value is -3.42. The second-order valence-electron chi connectivity index (χ2n) is 6.03. The average molecular weight is 336 g/mol. The lowest BCUT2D eigenvalue weighted by Gasteiger charge is -2.13. The Bertz CT molecular complexity index is 1170. The summed E-state index contributed by atoms with van der Waals surface area (Å²) >= 11 is 0. The number of hydrogen-bond donors (Lipinski definition) is 2. The summed E-state index contributed by atoms with van der Waals surface area (Å²) < 4.78 is 3.34. The van der Waals surface area contributed by atoms with Gasteiger partial charge in [-0.05, 0) is 25.5 Å². The number of amides is 1. The van der Waals surface area contributed by atoms with Crippen LogP contribution < -0.4 is 5.73 Å². The van der Waals surface area contributed by atoms with E-state index in [1.165, 1.54) is 0 Å². The van der Waals surface area contributed by atoms with E-state index in [0.29, 0.717) is 27.9 Å². The number of phenols is 1. The summed E-state index contributed by atoms with van der Waals surface area (Å²) in [5.41, 5.74) is 10.2. The molecule has 3 aromatic heterocycles. The summed E-state index contributed by atoms with van der Waals surface area (Å²) in [5, 5.41) is 14.2. The topological polar surface area (TPSA) is 112 Å². The highest BCUT2D eigenvalue weighted by atomic mass is 16.3. The number of aryl methyl sites for hydroxylation is 2. The minimum Gasteiger partial charge on any atom is -0.508 e. The molecule has 4 aromatic rings. The van der Waals surface area contributed by atoms with E-state index in [0.717, 1.165) is 11.3 Å². The minimum absolute atomic E-state index is 0.165. The molecule has 25 heavy (non-hydrogen) atoms. The lowest BCUT2D eigenvalue weighted by Crippen LogP contribution is -2.10. The second-order valence-corrected chi connectivity index (χ2v) is 6.03. The van der Waals surface area contributed by atoms with Crippen LogP contribution in [-0.2, 0) is 7.05 Å². The molecule has 126 valence electrons. The number of phenolic OH excluding ortho intramolecular Hbond substituents is 1. The van der Waals surface area contributed by atoms with Gasteiger partial charge in [-0.15, -0.1) is 0 Å². The fourth-order valence-corrected chi connectivity index (χ4v) is 3.10. The van der Waals surface area contributed by atoms with Gasteiger partial charge in [-0.1, -0.05) is 6.07 Å². The first-order valence-corrected chi connectivity index (χ1v) is 7.68. The molecule has 1 aromatic carbocycles. The van der Waals surface area contributed by atoms with Crippen molar-refractivity contribution in [3.8, 4) is 11.4 Å². The molecule has 0 bridgehead atoms. The molecule has 0 aliphatic heterocycles. The van der Waals surface area contributed by atoms with Crippen molar-refractivity contribution in [3.63, 3.8) is 0 Å². The monoisotopic (exact) mass is 336 g/mol. The zero-order chi connectivity index (χ0) is 17.9. The summed E-state index contributed by atoms with van der Waals surface area (Å²) in [7, 11) is 1.76. The third-order valence-electron chi connectivity index (χ3n) is 4.40. The van der Waals surface area contributed by atoms with Gasteiger partial charge in [0.05, 0.1) is 17.4 Å². The number of hydrogen-bond acceptors (Lipinski definition) is 5. The molecular formula is C17H16N6O2. The molecule has 0 unspecified atom stereocenters. The zero-order valence-corrected chi connectivity index (χ0v) is 14.0. The summed E-state index contributed by atoms with van der Waals surface area (Å²) in [6, 6.07) is 3.45. The molecule has 0 aliphatic carbocycles. The molecule has 1 amide bonds. The molecular weight excluding hydrogens is 320 g/mol. The molecule has 0 spiro atoms. The molecule has 3 N–H and O–H groups in total. The van der Waals surface area contributed by atoms with Crippen LogP contribution in [-0.4, -0.2) is 35.3 Å². The van der Waals surface area contributed by atoms with E-state index in [1.807, 2.05) is 19.9 Å². The summed E-state index contributed by atoms with van der Waals surface area (Å²) in [6.07, 6.45) is 3.24. The molecule has 4 rings (SSSR count). The van der Waals surface area contributed by atoms with Gasteiger partial charge in [-0.3, -0.25) is 9.36 Å². The van der Waals surface area contributed by atoms with Crippen molar-refractivity contribution in [2.75, 3.05) is 0 Å². The zero-order valence-electron chi connectivity index (χ0n) is 14.0. The Kier molecular flexibility index (Phi) is 3.05. The van der Waals surface area contributed by atoms with Crippen LogP contribution in [0.15, 0.2) is 24.5 Å². The fourth-order valence-electron chi connectivity index (χ4n) is 3.10. The molecule has 8 nitrogen and oxygen atoms in total. The Morgan fingerprint density at radius 2 is 1.96 bits per heavy atom. The van der Waals surface area contributed by atoms with Crippen LogP contribution in [0.2, 0.25) is 0 Å². The van der Waals surface area contributed by atoms with Gasteiger partial charge in [-0.25, -0.2) is 14.6 Å². The molecule has 0 saturated carbocycles. The van der Waals surface area contributed by atoms with E-state index in [4.69, 9.17) is 5.73 Å². The smallest absolute Gasteiger partial charge is 0.252 e. The van der Waals surface area contributed by atoms with Gasteiger partial charge in [0.1, 0.15) is 16.8 Å². The normalized spacial score (nSPS) is 11.5. The molecule has 0 radical (unpaired) electrons. The second kappa shape index (κ2) is 5.04. The van der Waals surface area contributed by atoms with Crippen LogP contribution in [0, 0.1) is 13.8 Å². The summed E-state index contributed by atoms with van der Waals surface area (Å²) in [4.78, 5) is 21.1. The van der Waals surface area contributed by atoms with Gasteiger partial charge in [0, 0.05) is 18.8 Å². The van der Waals surface area contributed by atoms with Gasteiger partial charge in [0.2, 0.25) is 0 Å². The Balaban J connectivity index is 2.17. The van der Waals surface area contributed by atoms with E-state index < -0.39 is 5.91 Å². The Morgan fingerprint density at radius 3 is 2.68 bits per heavy atom. The molecule has 8 heteroatoms. The van der Waals surface area contributed by atoms with Crippen molar-refractivity contribution in [3.05, 3.63) is 41.2 Å². The predicted octanol–water partition coefficient (Wildman–Crippen LogP) is 1.73. The number of nitrogens with two attached hydrogens (primary N) is 1. The van der Waals surface area contributed by atoms with Crippen molar-refractivity contribution >= 4 is 28.2 Å². The first kappa shape index (κ1) is 15.1. The van der Waals surface area contributed by atoms with Crippen LogP contribution in [0.5, 0.6) is 5.75 Å². The van der Waals surface area contributed by atoms with Gasteiger partial charge in [0.15, 0.2) is 11.3 Å². The van der Waals surface area contributed by atoms with Crippen molar-refractivity contribution in [1.82, 2.24) is 24.3 Å². The van der Waals surface area contributed by atoms with Crippen LogP contribution in [0.25, 0.3) is 28.0 Å². The number of aromatic nitrogens is 5. The number of aromatic hydroxyl groups is 1. The third-order valence-corrected chi connectivity index (χ3v) is 4.40. The van der Waals surface area contributed by atoms with Gasteiger partial charge in [0.25, 0.3) is 5.91 Å². The summed E-state index contributed by atoms with van der Waals surface area (Å²) in [6.45, 7) is 3.73. The van der Waals surface area contributed by atoms with E-state index in [9.17, 15) is 9.90 Å². The lowest BCUT2D eigenvalue weighted by atomic mass is 10.1. The van der Waals surface area contributed by atoms with Crippen LogP contribution >= 0.6 is 0 Å². The quantitative estimate of drug-likeness (QED) is 0.579. The van der Waals surface area contributed by atoms with Crippen LogP contribution in [0.1, 0.15) is 21.5 Å². The van der Waals surface area contributed by atoms with Crippen molar-refractivity contribution < 1.29 is 9.90 Å². The number of benzene rings is 1. The predicted molar refractivity (Wildman–Crippen MR) is 92.8 cm³/mol. The average Bonchev–Trinajstić information content (AvgIpc) is 3.11. The standard InChI is InChI=1S/C17H16N6O2/c1-8-4-5-12(24)9(2)14(8)23-7-10(15(18)25)13-17(23)20-11-6-19-22(3)16(11)21-13/h4-7,24H,1-3H3,(H2,18,25). The molecule has 0 fully saturated rings. The number of carbonyl (C=O) groups is 1. The maximum Gasteiger partial charge on any atom is 0.252 e. The Labute approximate surface area is 142 Å². The van der Waals surface area contributed by atoms with Crippen molar-refractivity contribution in [2.45, 2.75) is 13.8 Å². The maximum atomic E-state index is 11.9. The molecule has 3 heterocycles. The lowest BCUT2D eigenvalue weighted by molar-refractivity contribution is 0.100. The number of nitrogens with zero attached hydrogens (tertiary/aromatic N) is 5. The SMILES string of the molecule is Cc1ccc(O)c(C)c1-n1cc(C(N)=O)c2nc3c(cnn3C)nc21. The highest BCUT2D eigenvalue weighted by molar-refractivity contribution is 6.05. The molecule has 0 aliphatic rings.